The summed E-state index contributed by atoms with van der Waals surface area (Å²) in [6.45, 7) is -1.55. The fourth-order valence-corrected chi connectivity index (χ4v) is 0.929. The van der Waals surface area contributed by atoms with E-state index in [0.717, 1.165) is 0 Å². The molecule has 0 spiro atoms. The zero-order valence-corrected chi connectivity index (χ0v) is 8.25. The van der Waals surface area contributed by atoms with E-state index in [4.69, 9.17) is 19.7 Å². The van der Waals surface area contributed by atoms with Crippen LogP contribution >= 0.6 is 0 Å². The van der Waals surface area contributed by atoms with Crippen molar-refractivity contribution in [2.24, 2.45) is 0 Å². The van der Waals surface area contributed by atoms with Crippen LogP contribution in [0.5, 0.6) is 11.5 Å². The van der Waals surface area contributed by atoms with Crippen molar-refractivity contribution in [3.8, 4) is 11.5 Å². The number of esters is 2. The third-order valence-electron chi connectivity index (χ3n) is 1.55. The molecule has 0 aliphatic heterocycles. The van der Waals surface area contributed by atoms with E-state index >= 15 is 0 Å². The van der Waals surface area contributed by atoms with E-state index in [9.17, 15) is 9.59 Å². The van der Waals surface area contributed by atoms with E-state index in [1.807, 2.05) is 0 Å². The molecule has 0 aliphatic rings. The maximum atomic E-state index is 10.8. The Morgan fingerprint density at radius 2 is 1.31 bits per heavy atom. The van der Waals surface area contributed by atoms with Gasteiger partial charge in [0.2, 0.25) is 0 Å². The predicted octanol–water partition coefficient (Wildman–Crippen LogP) is -0.518. The van der Waals surface area contributed by atoms with Crippen molar-refractivity contribution in [1.29, 1.82) is 0 Å². The van der Waals surface area contributed by atoms with Gasteiger partial charge in [0, 0.05) is 0 Å². The Bertz CT molecular complexity index is 350. The minimum Gasteiger partial charge on any atom is -0.421 e. The fraction of sp³-hybridized carbons (Fsp3) is 0.200. The summed E-state index contributed by atoms with van der Waals surface area (Å²) in [5.74, 6) is -1.73. The Hall–Kier alpha value is -1.92. The molecule has 1 aromatic carbocycles. The highest BCUT2D eigenvalue weighted by Crippen LogP contribution is 2.26. The number of rotatable bonds is 4. The van der Waals surface area contributed by atoms with Crippen LogP contribution in [0.15, 0.2) is 24.3 Å². The molecule has 6 nitrogen and oxygen atoms in total. The molecule has 1 rings (SSSR count). The van der Waals surface area contributed by atoms with Crippen LogP contribution in [-0.2, 0) is 9.59 Å². The molecule has 0 atom stereocenters. The molecular weight excluding hydrogens is 216 g/mol. The van der Waals surface area contributed by atoms with E-state index in [1.165, 1.54) is 12.1 Å². The summed E-state index contributed by atoms with van der Waals surface area (Å²) in [4.78, 5) is 21.7. The molecule has 0 saturated heterocycles. The number of hydrogen-bond acceptors (Lipinski definition) is 6. The largest absolute Gasteiger partial charge is 0.421 e. The quantitative estimate of drug-likeness (QED) is 0.530. The second-order valence-electron chi connectivity index (χ2n) is 2.71. The fourth-order valence-electron chi connectivity index (χ4n) is 0.929. The van der Waals surface area contributed by atoms with Crippen LogP contribution in [0.25, 0.3) is 0 Å². The number of benzene rings is 1. The minimum absolute atomic E-state index is 0.00310. The maximum absolute atomic E-state index is 10.8. The number of hydrogen-bond donors (Lipinski definition) is 2. The lowest BCUT2D eigenvalue weighted by molar-refractivity contribution is -0.140. The molecule has 0 saturated carbocycles. The molecule has 0 aromatic heterocycles. The predicted molar refractivity (Wildman–Crippen MR) is 51.9 cm³/mol. The van der Waals surface area contributed by atoms with Gasteiger partial charge in [-0.3, -0.25) is 0 Å². The van der Waals surface area contributed by atoms with Gasteiger partial charge in [-0.1, -0.05) is 12.1 Å². The Morgan fingerprint density at radius 1 is 0.938 bits per heavy atom. The number of para-hydroxylation sites is 2. The van der Waals surface area contributed by atoms with E-state index in [2.05, 4.69) is 0 Å². The zero-order chi connectivity index (χ0) is 12.0. The normalized spacial score (nSPS) is 9.62. The standard InChI is InChI=1S/C10H10O6/c11-5-9(13)15-7-3-1-2-4-8(7)16-10(14)6-12/h1-4,11-12H,5-6H2. The van der Waals surface area contributed by atoms with Gasteiger partial charge in [-0.2, -0.15) is 0 Å². The van der Waals surface area contributed by atoms with Crippen molar-refractivity contribution in [2.75, 3.05) is 13.2 Å². The van der Waals surface area contributed by atoms with Gasteiger partial charge in [-0.15, -0.1) is 0 Å². The van der Waals surface area contributed by atoms with Crippen molar-refractivity contribution < 1.29 is 29.3 Å². The van der Waals surface area contributed by atoms with Crippen molar-refractivity contribution in [1.82, 2.24) is 0 Å². The van der Waals surface area contributed by atoms with E-state index < -0.39 is 25.2 Å². The van der Waals surface area contributed by atoms with Gasteiger partial charge in [0.1, 0.15) is 13.2 Å². The first kappa shape index (κ1) is 12.2. The van der Waals surface area contributed by atoms with Crippen LogP contribution in [-0.4, -0.2) is 35.4 Å². The second-order valence-corrected chi connectivity index (χ2v) is 2.71. The number of ether oxygens (including phenoxy) is 2. The topological polar surface area (TPSA) is 93.1 Å². The molecule has 0 aliphatic carbocycles. The van der Waals surface area contributed by atoms with Gasteiger partial charge in [0.15, 0.2) is 11.5 Å². The SMILES string of the molecule is O=C(CO)Oc1ccccc1OC(=O)CO. The lowest BCUT2D eigenvalue weighted by Gasteiger charge is -2.08. The summed E-state index contributed by atoms with van der Waals surface area (Å²) in [6.07, 6.45) is 0. The third-order valence-corrected chi connectivity index (χ3v) is 1.55. The van der Waals surface area contributed by atoms with Crippen molar-refractivity contribution in [3.05, 3.63) is 24.3 Å². The molecule has 0 bridgehead atoms. The molecule has 0 unspecified atom stereocenters. The lowest BCUT2D eigenvalue weighted by atomic mass is 10.3. The first-order chi connectivity index (χ1) is 7.67. The van der Waals surface area contributed by atoms with Crippen LogP contribution in [0.3, 0.4) is 0 Å². The molecule has 1 aromatic rings. The van der Waals surface area contributed by atoms with E-state index in [0.29, 0.717) is 0 Å². The van der Waals surface area contributed by atoms with Gasteiger partial charge in [-0.25, -0.2) is 9.59 Å². The van der Waals surface area contributed by atoms with Crippen molar-refractivity contribution in [2.45, 2.75) is 0 Å². The van der Waals surface area contributed by atoms with Gasteiger partial charge in [0.25, 0.3) is 0 Å². The molecule has 0 radical (unpaired) electrons. The van der Waals surface area contributed by atoms with E-state index in [1.54, 1.807) is 12.1 Å². The van der Waals surface area contributed by atoms with Gasteiger partial charge >= 0.3 is 11.9 Å². The molecule has 0 fully saturated rings. The highest BCUT2D eigenvalue weighted by atomic mass is 16.6. The Morgan fingerprint density at radius 3 is 1.62 bits per heavy atom. The second kappa shape index (κ2) is 5.84. The summed E-state index contributed by atoms with van der Waals surface area (Å²) in [5.41, 5.74) is 0. The summed E-state index contributed by atoms with van der Waals surface area (Å²) < 4.78 is 9.38. The third kappa shape index (κ3) is 3.34. The van der Waals surface area contributed by atoms with Crippen LogP contribution in [0.2, 0.25) is 0 Å². The summed E-state index contributed by atoms with van der Waals surface area (Å²) in [7, 11) is 0. The van der Waals surface area contributed by atoms with Crippen LogP contribution < -0.4 is 9.47 Å². The number of aliphatic hydroxyl groups excluding tert-OH is 2. The monoisotopic (exact) mass is 226 g/mol. The highest BCUT2D eigenvalue weighted by molar-refractivity contribution is 5.76. The number of carbonyl (C=O) groups excluding carboxylic acids is 2. The Balaban J connectivity index is 2.83. The summed E-state index contributed by atoms with van der Waals surface area (Å²) in [6, 6.07) is 5.92. The van der Waals surface area contributed by atoms with Crippen LogP contribution in [0.1, 0.15) is 0 Å². The molecule has 86 valence electrons. The van der Waals surface area contributed by atoms with Crippen LogP contribution in [0, 0.1) is 0 Å². The lowest BCUT2D eigenvalue weighted by Crippen LogP contribution is -2.16. The summed E-state index contributed by atoms with van der Waals surface area (Å²) >= 11 is 0. The Labute approximate surface area is 91.0 Å². The molecule has 2 N–H and O–H groups in total. The average molecular weight is 226 g/mol. The first-order valence-corrected chi connectivity index (χ1v) is 4.39. The van der Waals surface area contributed by atoms with Gasteiger partial charge < -0.3 is 19.7 Å². The zero-order valence-electron chi connectivity index (χ0n) is 8.25. The first-order valence-electron chi connectivity index (χ1n) is 4.39. The molecule has 0 heterocycles. The van der Waals surface area contributed by atoms with Crippen molar-refractivity contribution in [3.63, 3.8) is 0 Å². The molecular formula is C10H10O6. The maximum Gasteiger partial charge on any atom is 0.337 e. The highest BCUT2D eigenvalue weighted by Gasteiger charge is 2.11. The molecule has 6 heteroatoms. The average Bonchev–Trinajstić information content (AvgIpc) is 2.31. The van der Waals surface area contributed by atoms with Crippen molar-refractivity contribution >= 4 is 11.9 Å². The molecule has 16 heavy (non-hydrogen) atoms. The Kier molecular flexibility index (Phi) is 4.43. The van der Waals surface area contributed by atoms with Gasteiger partial charge in [0.05, 0.1) is 0 Å². The number of aliphatic hydroxyl groups is 2. The molecule has 0 amide bonds. The minimum atomic E-state index is -0.868. The van der Waals surface area contributed by atoms with Crippen LogP contribution in [0.4, 0.5) is 0 Å². The number of carbonyl (C=O) groups is 2. The smallest absolute Gasteiger partial charge is 0.337 e. The van der Waals surface area contributed by atoms with E-state index in [-0.39, 0.29) is 11.5 Å². The van der Waals surface area contributed by atoms with Gasteiger partial charge in [-0.05, 0) is 12.1 Å². The summed E-state index contributed by atoms with van der Waals surface area (Å²) in [5, 5.41) is 17.0.